The Kier molecular flexibility index (Phi) is 7.34. The van der Waals surface area contributed by atoms with E-state index in [1.807, 2.05) is 13.0 Å². The molecule has 4 nitrogen and oxygen atoms in total. The first-order valence-corrected chi connectivity index (χ1v) is 6.72. The molecule has 1 heterocycles. The van der Waals surface area contributed by atoms with E-state index in [1.54, 1.807) is 31.2 Å². The monoisotopic (exact) mass is 383 g/mol. The third-order valence-electron chi connectivity index (χ3n) is 3.20. The van der Waals surface area contributed by atoms with E-state index < -0.39 is 0 Å². The minimum absolute atomic E-state index is 0. The van der Waals surface area contributed by atoms with E-state index >= 15 is 0 Å². The van der Waals surface area contributed by atoms with Crippen LogP contribution in [0.15, 0.2) is 18.2 Å². The molecule has 0 saturated carbocycles. The number of allylic oxidation sites excluding steroid dienone is 1. The molecule has 1 unspecified atom stereocenters. The zero-order chi connectivity index (χ0) is 14.7. The predicted octanol–water partition coefficient (Wildman–Crippen LogP) is 2.96. The zero-order valence-corrected chi connectivity index (χ0v) is 15.9. The Morgan fingerprint density at radius 3 is 2.81 bits per heavy atom. The van der Waals surface area contributed by atoms with Gasteiger partial charge in [0.05, 0.1) is 0 Å². The van der Waals surface area contributed by atoms with Gasteiger partial charge in [-0.25, -0.2) is 6.08 Å². The molecule has 1 aliphatic rings. The fourth-order valence-corrected chi connectivity index (χ4v) is 2.34. The summed E-state index contributed by atoms with van der Waals surface area (Å²) in [6, 6.07) is 5.33. The number of ether oxygens (including phenoxy) is 2. The largest absolute Gasteiger partial charge is 0.468 e. The number of nitrogens with zero attached hydrogens (tertiary/aromatic N) is 1. The van der Waals surface area contributed by atoms with Crippen LogP contribution in [0.3, 0.4) is 0 Å². The second kappa shape index (κ2) is 8.28. The predicted molar refractivity (Wildman–Crippen MR) is 77.2 cm³/mol. The normalized spacial score (nSPS) is 18.1. The summed E-state index contributed by atoms with van der Waals surface area (Å²) in [7, 11) is 3.30. The van der Waals surface area contributed by atoms with E-state index in [0.717, 1.165) is 11.3 Å². The van der Waals surface area contributed by atoms with Crippen molar-refractivity contribution < 1.29 is 47.0 Å². The molecule has 2 rings (SSSR count). The first-order chi connectivity index (χ1) is 9.54. The maximum absolute atomic E-state index is 12.0. The van der Waals surface area contributed by atoms with Crippen LogP contribution in [0.5, 0.6) is 5.75 Å². The molecule has 1 aromatic carbocycles. The number of amides is 1. The Morgan fingerprint density at radius 2 is 2.19 bits per heavy atom. The minimum atomic E-state index is -0.0353. The minimum Gasteiger partial charge on any atom is -0.468 e. The van der Waals surface area contributed by atoms with Crippen LogP contribution in [0, 0.1) is 12.0 Å². The number of hydrogen-bond acceptors (Lipinski definition) is 3. The molecule has 0 aliphatic carbocycles. The van der Waals surface area contributed by atoms with Crippen LogP contribution in [0.4, 0.5) is 0 Å². The van der Waals surface area contributed by atoms with Gasteiger partial charge in [-0.1, -0.05) is 13.3 Å². The van der Waals surface area contributed by atoms with Crippen molar-refractivity contribution in [3.05, 3.63) is 34.9 Å². The molecule has 0 fully saturated rings. The first-order valence-electron chi connectivity index (χ1n) is 6.34. The van der Waals surface area contributed by atoms with E-state index in [2.05, 4.69) is 6.08 Å². The van der Waals surface area contributed by atoms with Gasteiger partial charge in [0.2, 0.25) is 5.91 Å². The summed E-state index contributed by atoms with van der Waals surface area (Å²) < 4.78 is 10.2. The van der Waals surface area contributed by atoms with Gasteiger partial charge in [0.1, 0.15) is 5.75 Å². The van der Waals surface area contributed by atoms with E-state index in [0.29, 0.717) is 17.2 Å². The molecule has 0 aromatic heterocycles. The molecule has 0 N–H and O–H groups in total. The summed E-state index contributed by atoms with van der Waals surface area (Å²) >= 11 is 6.27. The third kappa shape index (κ3) is 4.29. The van der Waals surface area contributed by atoms with E-state index in [1.165, 1.54) is 0 Å². The molecule has 1 aliphatic heterocycles. The zero-order valence-electron chi connectivity index (χ0n) is 12.4. The summed E-state index contributed by atoms with van der Waals surface area (Å²) in [5.41, 5.74) is 1.50. The van der Waals surface area contributed by atoms with Gasteiger partial charge in [0, 0.05) is 52.8 Å². The Bertz CT molecular complexity index is 548. The van der Waals surface area contributed by atoms with Crippen LogP contribution in [0.2, 0.25) is 5.02 Å². The molecule has 1 atom stereocenters. The summed E-state index contributed by atoms with van der Waals surface area (Å²) in [5.74, 6) is 0.667. The maximum Gasteiger partial charge on any atom is 0.225 e. The Labute approximate surface area is 155 Å². The molecule has 0 saturated heterocycles. The van der Waals surface area contributed by atoms with Crippen LogP contribution in [-0.4, -0.2) is 31.8 Å². The summed E-state index contributed by atoms with van der Waals surface area (Å²) in [5, 5.41) is 0.523. The second-order valence-corrected chi connectivity index (χ2v) is 5.13. The summed E-state index contributed by atoms with van der Waals surface area (Å²) in [6.45, 7) is 2.06. The van der Waals surface area contributed by atoms with Gasteiger partial charge in [0.15, 0.2) is 6.79 Å². The number of hydrogen-bond donors (Lipinski definition) is 0. The van der Waals surface area contributed by atoms with E-state index in [-0.39, 0.29) is 51.3 Å². The van der Waals surface area contributed by atoms with Gasteiger partial charge in [-0.2, -0.15) is 0 Å². The van der Waals surface area contributed by atoms with Gasteiger partial charge in [0.25, 0.3) is 0 Å². The van der Waals surface area contributed by atoms with Crippen molar-refractivity contribution in [1.29, 1.82) is 0 Å². The molecule has 1 aromatic rings. The van der Waals surface area contributed by atoms with Gasteiger partial charge < -0.3 is 14.4 Å². The van der Waals surface area contributed by atoms with Crippen LogP contribution in [0.25, 0.3) is 5.70 Å². The molecular formula is C15H17ClNO3Y-. The maximum atomic E-state index is 12.0. The number of methoxy groups -OCH3 is 1. The number of rotatable bonds is 4. The summed E-state index contributed by atoms with van der Waals surface area (Å²) in [4.78, 5) is 13.6. The molecular weight excluding hydrogens is 367 g/mol. The molecule has 21 heavy (non-hydrogen) atoms. The topological polar surface area (TPSA) is 38.8 Å². The number of carbonyl (C=O) groups excluding carboxylic acids is 1. The van der Waals surface area contributed by atoms with Crippen molar-refractivity contribution in [1.82, 2.24) is 4.90 Å². The van der Waals surface area contributed by atoms with Crippen LogP contribution in [0.1, 0.15) is 18.9 Å². The number of halogens is 1. The van der Waals surface area contributed by atoms with Crippen molar-refractivity contribution in [2.45, 2.75) is 13.3 Å². The number of benzene rings is 1. The van der Waals surface area contributed by atoms with Gasteiger partial charge in [-0.15, -0.1) is 28.9 Å². The molecule has 6 heteroatoms. The molecule has 0 bridgehead atoms. The van der Waals surface area contributed by atoms with Crippen molar-refractivity contribution in [2.24, 2.45) is 5.92 Å². The molecule has 1 radical (unpaired) electrons. The Hall–Kier alpha value is -0.416. The Morgan fingerprint density at radius 1 is 1.48 bits per heavy atom. The van der Waals surface area contributed by atoms with Gasteiger partial charge in [-0.05, 0) is 17.2 Å². The molecule has 1 amide bonds. The smallest absolute Gasteiger partial charge is 0.225 e. The Balaban J connectivity index is 0.00000220. The average molecular weight is 384 g/mol. The van der Waals surface area contributed by atoms with Crippen molar-refractivity contribution in [3.8, 4) is 5.75 Å². The van der Waals surface area contributed by atoms with Gasteiger partial charge in [-0.3, -0.25) is 4.79 Å². The number of carbonyl (C=O) groups is 1. The second-order valence-electron chi connectivity index (χ2n) is 4.72. The van der Waals surface area contributed by atoms with Crippen molar-refractivity contribution in [2.75, 3.05) is 21.0 Å². The van der Waals surface area contributed by atoms with Gasteiger partial charge >= 0.3 is 0 Å². The SMILES string of the molecule is COCOc1ccc(C2=[C-]CC(C)C(=O)N2C)c(Cl)c1.[Y]. The first kappa shape index (κ1) is 18.6. The molecule has 111 valence electrons. The summed E-state index contributed by atoms with van der Waals surface area (Å²) in [6.07, 6.45) is 3.85. The quantitative estimate of drug-likeness (QED) is 0.593. The van der Waals surface area contributed by atoms with E-state index in [9.17, 15) is 4.79 Å². The van der Waals surface area contributed by atoms with E-state index in [4.69, 9.17) is 21.1 Å². The fraction of sp³-hybridized carbons (Fsp3) is 0.400. The molecule has 0 spiro atoms. The average Bonchev–Trinajstić information content (AvgIpc) is 2.44. The standard InChI is InChI=1S/C15H17ClNO3.Y/c1-10-4-7-14(17(2)15(10)18)12-6-5-11(8-13(12)16)20-9-19-3;/h5-6,8,10H,4,9H2,1-3H3;/q-1;. The van der Waals surface area contributed by atoms with Crippen LogP contribution >= 0.6 is 11.6 Å². The third-order valence-corrected chi connectivity index (χ3v) is 3.52. The van der Waals surface area contributed by atoms with Crippen molar-refractivity contribution >= 4 is 23.2 Å². The fourth-order valence-electron chi connectivity index (χ4n) is 2.08. The van der Waals surface area contributed by atoms with Crippen LogP contribution < -0.4 is 4.74 Å². The van der Waals surface area contributed by atoms with Crippen LogP contribution in [-0.2, 0) is 42.2 Å². The van der Waals surface area contributed by atoms with Crippen molar-refractivity contribution in [3.63, 3.8) is 0 Å².